The van der Waals surface area contributed by atoms with E-state index in [4.69, 9.17) is 4.74 Å². The molecule has 0 aromatic heterocycles. The van der Waals surface area contributed by atoms with Crippen molar-refractivity contribution in [1.29, 1.82) is 0 Å². The maximum Gasteiger partial charge on any atom is 0.200 e. The van der Waals surface area contributed by atoms with Crippen LogP contribution in [-0.4, -0.2) is 29.2 Å². The summed E-state index contributed by atoms with van der Waals surface area (Å²) in [4.78, 5) is 52.6. The molecule has 0 saturated heterocycles. The zero-order valence-corrected chi connectivity index (χ0v) is 19.8. The van der Waals surface area contributed by atoms with E-state index in [0.717, 1.165) is 0 Å². The van der Waals surface area contributed by atoms with Crippen LogP contribution in [0.2, 0.25) is 0 Å². The monoisotopic (exact) mass is 418 g/mol. The number of rotatable bonds is 12. The number of hydrogen-bond acceptors (Lipinski definition) is 5. The van der Waals surface area contributed by atoms with E-state index in [9.17, 15) is 19.2 Å². The van der Waals surface area contributed by atoms with E-state index in [1.165, 1.54) is 6.08 Å². The van der Waals surface area contributed by atoms with Gasteiger partial charge in [-0.15, -0.1) is 0 Å². The highest BCUT2D eigenvalue weighted by atomic mass is 16.5. The van der Waals surface area contributed by atoms with E-state index in [2.05, 4.69) is 0 Å². The topological polar surface area (TPSA) is 77.5 Å². The Kier molecular flexibility index (Phi) is 9.86. The minimum atomic E-state index is -1.21. The molecule has 1 heterocycles. The summed E-state index contributed by atoms with van der Waals surface area (Å²) < 4.78 is 5.91. The predicted molar refractivity (Wildman–Crippen MR) is 118 cm³/mol. The number of Topliss-reactive ketones (excluding diaryl/α,β-unsaturated/α-hetero) is 4. The van der Waals surface area contributed by atoms with Crippen molar-refractivity contribution in [3.8, 4) is 0 Å². The molecule has 0 amide bonds. The number of ketones is 4. The summed E-state index contributed by atoms with van der Waals surface area (Å²) in [6.07, 6.45) is 2.58. The number of ether oxygens (including phenoxy) is 1. The Morgan fingerprint density at radius 1 is 0.733 bits per heavy atom. The summed E-state index contributed by atoms with van der Waals surface area (Å²) in [6, 6.07) is 0. The summed E-state index contributed by atoms with van der Waals surface area (Å²) in [5.74, 6) is -2.30. The van der Waals surface area contributed by atoms with Crippen LogP contribution in [0.4, 0.5) is 0 Å². The highest BCUT2D eigenvalue weighted by Gasteiger charge is 2.41. The summed E-state index contributed by atoms with van der Waals surface area (Å²) in [6.45, 7) is 14.7. The summed E-state index contributed by atoms with van der Waals surface area (Å²) in [5.41, 5.74) is 0.301. The highest BCUT2D eigenvalue weighted by Crippen LogP contribution is 2.33. The van der Waals surface area contributed by atoms with Crippen molar-refractivity contribution in [2.45, 2.75) is 87.2 Å². The average molecular weight is 419 g/mol. The van der Waals surface area contributed by atoms with Gasteiger partial charge < -0.3 is 4.74 Å². The van der Waals surface area contributed by atoms with Gasteiger partial charge in [-0.05, 0) is 31.8 Å². The van der Waals surface area contributed by atoms with Gasteiger partial charge >= 0.3 is 0 Å². The van der Waals surface area contributed by atoms with E-state index in [1.54, 1.807) is 27.7 Å². The molecule has 5 heteroatoms. The largest absolute Gasteiger partial charge is 0.474 e. The molecular weight excluding hydrogens is 380 g/mol. The first-order valence-electron chi connectivity index (χ1n) is 11.3. The van der Waals surface area contributed by atoms with Crippen LogP contribution in [0.15, 0.2) is 23.0 Å². The molecule has 0 N–H and O–H groups in total. The molecule has 0 aliphatic carbocycles. The summed E-state index contributed by atoms with van der Waals surface area (Å²) >= 11 is 0. The van der Waals surface area contributed by atoms with Gasteiger partial charge in [0, 0.05) is 29.2 Å². The van der Waals surface area contributed by atoms with Crippen molar-refractivity contribution in [2.24, 2.45) is 23.7 Å². The van der Waals surface area contributed by atoms with Crippen molar-refractivity contribution in [3.05, 3.63) is 23.0 Å². The molecule has 0 saturated carbocycles. The number of carbonyl (C=O) groups is 4. The molecule has 0 aromatic carbocycles. The second-order valence-electron chi connectivity index (χ2n) is 8.57. The number of hydrogen-bond donors (Lipinski definition) is 0. The van der Waals surface area contributed by atoms with Gasteiger partial charge in [0.1, 0.15) is 0 Å². The number of carbonyl (C=O) groups excluding carboxylic acids is 4. The molecule has 0 radical (unpaired) electrons. The minimum absolute atomic E-state index is 0.0124. The molecule has 1 rings (SSSR count). The first kappa shape index (κ1) is 26.0. The van der Waals surface area contributed by atoms with Crippen LogP contribution in [0.25, 0.3) is 0 Å². The molecule has 0 aromatic rings. The molecule has 5 atom stereocenters. The highest BCUT2D eigenvalue weighted by molar-refractivity contribution is 6.15. The fraction of sp³-hybridized carbons (Fsp3) is 0.680. The normalized spacial score (nSPS) is 20.5. The second-order valence-corrected chi connectivity index (χ2v) is 8.57. The van der Waals surface area contributed by atoms with Crippen molar-refractivity contribution in [2.75, 3.05) is 0 Å². The van der Waals surface area contributed by atoms with Gasteiger partial charge in [-0.2, -0.15) is 0 Å². The predicted octanol–water partition coefficient (Wildman–Crippen LogP) is 5.03. The minimum Gasteiger partial charge on any atom is -0.474 e. The molecule has 0 fully saturated rings. The van der Waals surface area contributed by atoms with Crippen LogP contribution in [0.1, 0.15) is 81.1 Å². The van der Waals surface area contributed by atoms with E-state index in [-0.39, 0.29) is 63.7 Å². The van der Waals surface area contributed by atoms with E-state index < -0.39 is 6.10 Å². The van der Waals surface area contributed by atoms with Crippen molar-refractivity contribution in [1.82, 2.24) is 0 Å². The van der Waals surface area contributed by atoms with Crippen LogP contribution >= 0.6 is 0 Å². The van der Waals surface area contributed by atoms with Crippen LogP contribution < -0.4 is 0 Å². The van der Waals surface area contributed by atoms with Crippen molar-refractivity contribution >= 4 is 23.1 Å². The lowest BCUT2D eigenvalue weighted by Crippen LogP contribution is -2.40. The Labute approximate surface area is 181 Å². The third kappa shape index (κ3) is 5.55. The molecule has 0 spiro atoms. The van der Waals surface area contributed by atoms with E-state index in [0.29, 0.717) is 25.7 Å². The van der Waals surface area contributed by atoms with Crippen molar-refractivity contribution in [3.63, 3.8) is 0 Å². The second kappa shape index (κ2) is 11.4. The maximum absolute atomic E-state index is 13.3. The van der Waals surface area contributed by atoms with Crippen LogP contribution in [0.3, 0.4) is 0 Å². The van der Waals surface area contributed by atoms with Gasteiger partial charge in [0.2, 0.25) is 0 Å². The molecule has 30 heavy (non-hydrogen) atoms. The van der Waals surface area contributed by atoms with Gasteiger partial charge in [0.15, 0.2) is 35.0 Å². The van der Waals surface area contributed by atoms with Crippen molar-refractivity contribution < 1.29 is 23.9 Å². The van der Waals surface area contributed by atoms with Gasteiger partial charge in [-0.1, -0.05) is 55.4 Å². The fourth-order valence-corrected chi connectivity index (χ4v) is 3.15. The maximum atomic E-state index is 13.3. The van der Waals surface area contributed by atoms with E-state index >= 15 is 0 Å². The molecular formula is C25H38O5. The first-order chi connectivity index (χ1) is 14.0. The molecule has 5 nitrogen and oxygen atoms in total. The Morgan fingerprint density at radius 3 is 1.63 bits per heavy atom. The fourth-order valence-electron chi connectivity index (χ4n) is 3.15. The first-order valence-corrected chi connectivity index (χ1v) is 11.3. The van der Waals surface area contributed by atoms with Gasteiger partial charge in [0.05, 0.1) is 5.57 Å². The van der Waals surface area contributed by atoms with E-state index in [1.807, 2.05) is 27.7 Å². The molecule has 168 valence electrons. The van der Waals surface area contributed by atoms with Crippen LogP contribution in [0.5, 0.6) is 0 Å². The Morgan fingerprint density at radius 2 is 1.17 bits per heavy atom. The Bertz CT molecular complexity index is 743. The SMILES string of the molecule is CCC(C)C(=O)C1=CC(C(=O)C(C)CC)=C(C(=O)C(C)CC)C(C(=O)C(C)CC)O1. The summed E-state index contributed by atoms with van der Waals surface area (Å²) in [5, 5.41) is 0. The molecule has 0 bridgehead atoms. The Balaban J connectivity index is 3.78. The average Bonchev–Trinajstić information content (AvgIpc) is 2.78. The smallest absolute Gasteiger partial charge is 0.200 e. The molecule has 5 unspecified atom stereocenters. The third-order valence-electron chi connectivity index (χ3n) is 6.38. The number of allylic oxidation sites excluding steroid dienone is 3. The summed E-state index contributed by atoms with van der Waals surface area (Å²) in [7, 11) is 0. The standard InChI is InChI=1S/C25H38O5/c1-9-14(5)21(26)18-13-19(22(27)15(6)10-2)30-25(24(29)17(8)12-4)20(18)23(28)16(7)11-3/h13-17,25H,9-12H2,1-8H3. The Hall–Kier alpha value is -2.04. The van der Waals surface area contributed by atoms with Crippen LogP contribution in [0, 0.1) is 23.7 Å². The lowest BCUT2D eigenvalue weighted by atomic mass is 9.80. The lowest BCUT2D eigenvalue weighted by molar-refractivity contribution is -0.135. The third-order valence-corrected chi connectivity index (χ3v) is 6.38. The van der Waals surface area contributed by atoms with Crippen LogP contribution in [-0.2, 0) is 23.9 Å². The van der Waals surface area contributed by atoms with Gasteiger partial charge in [-0.3, -0.25) is 19.2 Å². The molecule has 1 aliphatic rings. The zero-order chi connectivity index (χ0) is 23.2. The quantitative estimate of drug-likeness (QED) is 0.444. The lowest BCUT2D eigenvalue weighted by Gasteiger charge is -2.31. The molecule has 1 aliphatic heterocycles. The zero-order valence-electron chi connectivity index (χ0n) is 19.8. The van der Waals surface area contributed by atoms with Gasteiger partial charge in [-0.25, -0.2) is 0 Å². The van der Waals surface area contributed by atoms with Gasteiger partial charge in [0.25, 0.3) is 0 Å².